The highest BCUT2D eigenvalue weighted by Gasteiger charge is 2.28. The van der Waals surface area contributed by atoms with Crippen molar-refractivity contribution in [3.05, 3.63) is 0 Å². The summed E-state index contributed by atoms with van der Waals surface area (Å²) < 4.78 is 22.8. The maximum Gasteiger partial charge on any atom is 0.232 e. The van der Waals surface area contributed by atoms with Gasteiger partial charge in [-0.1, -0.05) is 19.1 Å². The molecule has 0 spiro atoms. The number of rotatable bonds is 3. The first-order valence-electron chi connectivity index (χ1n) is 5.66. The van der Waals surface area contributed by atoms with Gasteiger partial charge in [0.1, 0.15) is 0 Å². The van der Waals surface area contributed by atoms with E-state index in [4.69, 9.17) is 18.0 Å². The van der Waals surface area contributed by atoms with Crippen molar-refractivity contribution in [1.82, 2.24) is 4.90 Å². The molecule has 1 aliphatic heterocycles. The van der Waals surface area contributed by atoms with E-state index >= 15 is 0 Å². The van der Waals surface area contributed by atoms with Crippen molar-refractivity contribution in [2.45, 2.75) is 19.8 Å². The number of sulfone groups is 1. The summed E-state index contributed by atoms with van der Waals surface area (Å²) in [6, 6.07) is 0. The molecule has 1 aliphatic rings. The van der Waals surface area contributed by atoms with E-state index < -0.39 is 15.8 Å². The zero-order chi connectivity index (χ0) is 13.1. The van der Waals surface area contributed by atoms with Crippen molar-refractivity contribution in [1.29, 1.82) is 0 Å². The predicted octanol–water partition coefficient (Wildman–Crippen LogP) is -0.0542. The van der Waals surface area contributed by atoms with Gasteiger partial charge in [-0.3, -0.25) is 4.79 Å². The molecule has 98 valence electrons. The summed E-state index contributed by atoms with van der Waals surface area (Å²) >= 11 is 4.85. The molecule has 0 aromatic rings. The monoisotopic (exact) mass is 278 g/mol. The Morgan fingerprint density at radius 3 is 2.59 bits per heavy atom. The number of nitrogens with zero attached hydrogens (tertiary/aromatic N) is 1. The molecule has 1 fully saturated rings. The number of nitrogens with two attached hydrogens (primary N) is 1. The van der Waals surface area contributed by atoms with Crippen LogP contribution >= 0.6 is 12.2 Å². The van der Waals surface area contributed by atoms with Crippen LogP contribution in [0.5, 0.6) is 0 Å². The Balaban J connectivity index is 2.73. The van der Waals surface area contributed by atoms with Gasteiger partial charge in [0.15, 0.2) is 9.84 Å². The summed E-state index contributed by atoms with van der Waals surface area (Å²) in [5.41, 5.74) is 5.51. The third kappa shape index (κ3) is 3.92. The molecule has 17 heavy (non-hydrogen) atoms. The van der Waals surface area contributed by atoms with Gasteiger partial charge in [-0.15, -0.1) is 0 Å². The standard InChI is InChI=1S/C10H18N2O3S2/c1-2-8(9(11)16)10(13)12-4-3-6-17(14,15)7-5-12/h8H,2-7H2,1H3,(H2,11,16). The topological polar surface area (TPSA) is 80.5 Å². The fourth-order valence-corrected chi connectivity index (χ4v) is 3.42. The fraction of sp³-hybridized carbons (Fsp3) is 0.800. The van der Waals surface area contributed by atoms with Gasteiger partial charge in [-0.05, 0) is 12.8 Å². The van der Waals surface area contributed by atoms with E-state index in [1.165, 1.54) is 0 Å². The van der Waals surface area contributed by atoms with Gasteiger partial charge in [0.05, 0.1) is 22.4 Å². The average Bonchev–Trinajstić information content (AvgIpc) is 2.39. The third-order valence-corrected chi connectivity index (χ3v) is 4.92. The van der Waals surface area contributed by atoms with Crippen molar-refractivity contribution < 1.29 is 13.2 Å². The van der Waals surface area contributed by atoms with E-state index in [2.05, 4.69) is 0 Å². The lowest BCUT2D eigenvalue weighted by atomic mass is 10.1. The number of hydrogen-bond acceptors (Lipinski definition) is 4. The lowest BCUT2D eigenvalue weighted by molar-refractivity contribution is -0.133. The van der Waals surface area contributed by atoms with Crippen molar-refractivity contribution in [2.75, 3.05) is 24.6 Å². The molecule has 7 heteroatoms. The molecule has 0 aliphatic carbocycles. The SMILES string of the molecule is CCC(C(=O)N1CCCS(=O)(=O)CC1)C(N)=S. The molecule has 2 N–H and O–H groups in total. The molecular formula is C10H18N2O3S2. The number of thiocarbonyl (C=S) groups is 1. The average molecular weight is 278 g/mol. The first kappa shape index (κ1) is 14.4. The van der Waals surface area contributed by atoms with Gasteiger partial charge in [0, 0.05) is 13.1 Å². The summed E-state index contributed by atoms with van der Waals surface area (Å²) in [5.74, 6) is -0.421. The van der Waals surface area contributed by atoms with Crippen molar-refractivity contribution in [2.24, 2.45) is 11.7 Å². The quantitative estimate of drug-likeness (QED) is 0.732. The first-order valence-corrected chi connectivity index (χ1v) is 7.89. The van der Waals surface area contributed by atoms with Gasteiger partial charge in [-0.2, -0.15) is 0 Å². The van der Waals surface area contributed by atoms with Crippen LogP contribution in [0, 0.1) is 5.92 Å². The van der Waals surface area contributed by atoms with E-state index in [-0.39, 0.29) is 28.9 Å². The highest BCUT2D eigenvalue weighted by Crippen LogP contribution is 2.12. The molecule has 1 atom stereocenters. The molecule has 0 radical (unpaired) electrons. The summed E-state index contributed by atoms with van der Waals surface area (Å²) in [6.45, 7) is 2.56. The lowest BCUT2D eigenvalue weighted by Crippen LogP contribution is -2.42. The number of amides is 1. The van der Waals surface area contributed by atoms with Gasteiger partial charge >= 0.3 is 0 Å². The molecule has 1 unspecified atom stereocenters. The summed E-state index contributed by atoms with van der Waals surface area (Å²) in [6.07, 6.45) is 1.04. The summed E-state index contributed by atoms with van der Waals surface area (Å²) in [4.78, 5) is 13.9. The predicted molar refractivity (Wildman–Crippen MR) is 70.4 cm³/mol. The fourth-order valence-electron chi connectivity index (χ4n) is 1.88. The Hall–Kier alpha value is -0.690. The molecule has 0 aromatic heterocycles. The Labute approximate surface area is 107 Å². The Bertz CT molecular complexity index is 406. The molecule has 1 amide bonds. The molecule has 0 aromatic carbocycles. The van der Waals surface area contributed by atoms with E-state index in [1.807, 2.05) is 6.92 Å². The first-order chi connectivity index (χ1) is 7.87. The van der Waals surface area contributed by atoms with Crippen LogP contribution in [0.3, 0.4) is 0 Å². The second kappa shape index (κ2) is 5.77. The van der Waals surface area contributed by atoms with Crippen molar-refractivity contribution >= 4 is 33.0 Å². The third-order valence-electron chi connectivity index (χ3n) is 2.92. The van der Waals surface area contributed by atoms with E-state index in [1.54, 1.807) is 4.90 Å². The normalized spacial score (nSPS) is 21.6. The maximum absolute atomic E-state index is 12.1. The van der Waals surface area contributed by atoms with Gasteiger partial charge < -0.3 is 10.6 Å². The lowest BCUT2D eigenvalue weighted by Gasteiger charge is -2.24. The smallest absolute Gasteiger partial charge is 0.232 e. The number of carbonyl (C=O) groups is 1. The van der Waals surface area contributed by atoms with Crippen LogP contribution in [0.4, 0.5) is 0 Å². The molecule has 5 nitrogen and oxygen atoms in total. The van der Waals surface area contributed by atoms with E-state index in [9.17, 15) is 13.2 Å². The molecule has 0 bridgehead atoms. The highest BCUT2D eigenvalue weighted by molar-refractivity contribution is 7.91. The van der Waals surface area contributed by atoms with Crippen LogP contribution in [0.25, 0.3) is 0 Å². The van der Waals surface area contributed by atoms with Crippen molar-refractivity contribution in [3.8, 4) is 0 Å². The second-order valence-corrected chi connectivity index (χ2v) is 6.97. The minimum absolute atomic E-state index is 0.0342. The van der Waals surface area contributed by atoms with Crippen molar-refractivity contribution in [3.63, 3.8) is 0 Å². The maximum atomic E-state index is 12.1. The molecule has 1 rings (SSSR count). The summed E-state index contributed by atoms with van der Waals surface area (Å²) in [5, 5.41) is 0. The minimum atomic E-state index is -3.00. The molecule has 0 saturated carbocycles. The van der Waals surface area contributed by atoms with Crippen LogP contribution in [-0.4, -0.2) is 48.8 Å². The molecule has 1 heterocycles. The van der Waals surface area contributed by atoms with Crippen LogP contribution < -0.4 is 5.73 Å². The van der Waals surface area contributed by atoms with Crippen LogP contribution in [0.1, 0.15) is 19.8 Å². The molecule has 1 saturated heterocycles. The number of carbonyl (C=O) groups excluding carboxylic acids is 1. The molecular weight excluding hydrogens is 260 g/mol. The highest BCUT2D eigenvalue weighted by atomic mass is 32.2. The van der Waals surface area contributed by atoms with Crippen LogP contribution in [-0.2, 0) is 14.6 Å². The Kier molecular flexibility index (Phi) is 4.88. The van der Waals surface area contributed by atoms with E-state index in [0.717, 1.165) is 0 Å². The second-order valence-electron chi connectivity index (χ2n) is 4.19. The number of hydrogen-bond donors (Lipinski definition) is 1. The Morgan fingerprint density at radius 1 is 1.41 bits per heavy atom. The zero-order valence-corrected chi connectivity index (χ0v) is 11.5. The van der Waals surface area contributed by atoms with Crippen LogP contribution in [0.2, 0.25) is 0 Å². The zero-order valence-electron chi connectivity index (χ0n) is 9.89. The van der Waals surface area contributed by atoms with Gasteiger partial charge in [-0.25, -0.2) is 8.42 Å². The van der Waals surface area contributed by atoms with E-state index in [0.29, 0.717) is 19.4 Å². The van der Waals surface area contributed by atoms with Crippen LogP contribution in [0.15, 0.2) is 0 Å². The van der Waals surface area contributed by atoms with Gasteiger partial charge in [0.2, 0.25) is 5.91 Å². The largest absolute Gasteiger partial charge is 0.393 e. The minimum Gasteiger partial charge on any atom is -0.393 e. The summed E-state index contributed by atoms with van der Waals surface area (Å²) in [7, 11) is -3.00. The Morgan fingerprint density at radius 2 is 2.06 bits per heavy atom. The van der Waals surface area contributed by atoms with Gasteiger partial charge in [0.25, 0.3) is 0 Å².